The van der Waals surface area contributed by atoms with Gasteiger partial charge in [0.25, 0.3) is 0 Å². The van der Waals surface area contributed by atoms with Gasteiger partial charge in [0.1, 0.15) is 5.82 Å². The van der Waals surface area contributed by atoms with Gasteiger partial charge < -0.3 is 14.7 Å². The van der Waals surface area contributed by atoms with E-state index in [-0.39, 0.29) is 5.82 Å². The first-order chi connectivity index (χ1) is 9.20. The van der Waals surface area contributed by atoms with Gasteiger partial charge in [-0.05, 0) is 31.9 Å². The smallest absolute Gasteiger partial charge is 0.128 e. The summed E-state index contributed by atoms with van der Waals surface area (Å²) in [7, 11) is 1.74. The van der Waals surface area contributed by atoms with Crippen LogP contribution < -0.4 is 0 Å². The molecule has 0 saturated carbocycles. The Morgan fingerprint density at radius 2 is 2.26 bits per heavy atom. The molecule has 0 aliphatic carbocycles. The summed E-state index contributed by atoms with van der Waals surface area (Å²) in [5.74, 6) is -0.330. The van der Waals surface area contributed by atoms with Crippen LogP contribution in [0.5, 0.6) is 0 Å². The van der Waals surface area contributed by atoms with Gasteiger partial charge in [0.2, 0.25) is 0 Å². The maximum Gasteiger partial charge on any atom is 0.128 e. The van der Waals surface area contributed by atoms with Gasteiger partial charge >= 0.3 is 0 Å². The lowest BCUT2D eigenvalue weighted by molar-refractivity contribution is 0.0253. The maximum absolute atomic E-state index is 13.5. The maximum atomic E-state index is 13.5. The zero-order valence-corrected chi connectivity index (χ0v) is 11.4. The van der Waals surface area contributed by atoms with Gasteiger partial charge in [0.05, 0.1) is 12.2 Å². The highest BCUT2D eigenvalue weighted by atomic mass is 19.1. The Hall–Kier alpha value is -0.970. The van der Waals surface area contributed by atoms with E-state index in [9.17, 15) is 9.50 Å². The van der Waals surface area contributed by atoms with E-state index >= 15 is 0 Å². The van der Waals surface area contributed by atoms with Crippen molar-refractivity contribution in [3.05, 3.63) is 35.6 Å². The van der Waals surface area contributed by atoms with Crippen molar-refractivity contribution in [2.75, 3.05) is 26.7 Å². The molecule has 1 aromatic carbocycles. The number of likely N-dealkylation sites (tertiary alicyclic amines) is 1. The quantitative estimate of drug-likeness (QED) is 0.889. The van der Waals surface area contributed by atoms with Gasteiger partial charge in [-0.3, -0.25) is 0 Å². The predicted octanol–water partition coefficient (Wildman–Crippen LogP) is 2.36. The minimum atomic E-state index is -0.732. The van der Waals surface area contributed by atoms with Crippen molar-refractivity contribution >= 4 is 0 Å². The van der Waals surface area contributed by atoms with Crippen molar-refractivity contribution in [2.24, 2.45) is 0 Å². The number of aliphatic hydroxyl groups is 1. The van der Waals surface area contributed by atoms with Crippen LogP contribution in [0.4, 0.5) is 4.39 Å². The molecule has 1 fully saturated rings. The van der Waals surface area contributed by atoms with E-state index in [0.29, 0.717) is 18.1 Å². The number of benzene rings is 1. The van der Waals surface area contributed by atoms with E-state index in [1.807, 2.05) is 0 Å². The second-order valence-corrected chi connectivity index (χ2v) is 5.13. The lowest BCUT2D eigenvalue weighted by Crippen LogP contribution is -2.40. The molecule has 2 unspecified atom stereocenters. The van der Waals surface area contributed by atoms with Crippen LogP contribution in [0.3, 0.4) is 0 Å². The predicted molar refractivity (Wildman–Crippen MR) is 72.4 cm³/mol. The zero-order valence-electron chi connectivity index (χ0n) is 11.4. The molecular formula is C15H22FNO2. The van der Waals surface area contributed by atoms with Gasteiger partial charge in [-0.15, -0.1) is 0 Å². The second-order valence-electron chi connectivity index (χ2n) is 5.13. The van der Waals surface area contributed by atoms with Crippen LogP contribution in [-0.4, -0.2) is 42.9 Å². The summed E-state index contributed by atoms with van der Waals surface area (Å²) in [6, 6.07) is 6.43. The molecular weight excluding hydrogens is 245 g/mol. The van der Waals surface area contributed by atoms with Gasteiger partial charge in [-0.25, -0.2) is 4.39 Å². The summed E-state index contributed by atoms with van der Waals surface area (Å²) < 4.78 is 18.9. The molecule has 1 aliphatic heterocycles. The Labute approximate surface area is 114 Å². The van der Waals surface area contributed by atoms with E-state index in [1.165, 1.54) is 6.07 Å². The first kappa shape index (κ1) is 14.4. The Kier molecular flexibility index (Phi) is 5.31. The topological polar surface area (TPSA) is 32.7 Å². The molecule has 0 aromatic heterocycles. The number of ether oxygens (including phenoxy) is 1. The fraction of sp³-hybridized carbons (Fsp3) is 0.600. The van der Waals surface area contributed by atoms with Crippen LogP contribution in [-0.2, 0) is 4.74 Å². The summed E-state index contributed by atoms with van der Waals surface area (Å²) >= 11 is 0. The third kappa shape index (κ3) is 4.00. The molecule has 0 radical (unpaired) electrons. The van der Waals surface area contributed by atoms with Crippen LogP contribution in [0, 0.1) is 5.82 Å². The molecule has 106 valence electrons. The molecule has 0 spiro atoms. The number of hydrogen-bond acceptors (Lipinski definition) is 3. The molecule has 0 bridgehead atoms. The summed E-state index contributed by atoms with van der Waals surface area (Å²) in [5, 5.41) is 10.1. The van der Waals surface area contributed by atoms with Crippen molar-refractivity contribution in [1.29, 1.82) is 0 Å². The van der Waals surface area contributed by atoms with Crippen molar-refractivity contribution in [3.8, 4) is 0 Å². The largest absolute Gasteiger partial charge is 0.388 e. The Morgan fingerprint density at radius 1 is 1.47 bits per heavy atom. The molecule has 1 heterocycles. The monoisotopic (exact) mass is 267 g/mol. The van der Waals surface area contributed by atoms with Gasteiger partial charge in [-0.2, -0.15) is 0 Å². The first-order valence-electron chi connectivity index (χ1n) is 6.88. The SMILES string of the molecule is COC1CCCN(CCC(O)c2ccccc2F)C1. The second kappa shape index (κ2) is 6.98. The summed E-state index contributed by atoms with van der Waals surface area (Å²) in [6.07, 6.45) is 2.33. The van der Waals surface area contributed by atoms with Crippen LogP contribution in [0.25, 0.3) is 0 Å². The normalized spacial score (nSPS) is 22.4. The fourth-order valence-corrected chi connectivity index (χ4v) is 2.61. The third-order valence-corrected chi connectivity index (χ3v) is 3.78. The summed E-state index contributed by atoms with van der Waals surface area (Å²) in [4.78, 5) is 2.28. The highest BCUT2D eigenvalue weighted by Crippen LogP contribution is 2.21. The minimum Gasteiger partial charge on any atom is -0.388 e. The van der Waals surface area contributed by atoms with E-state index in [0.717, 1.165) is 32.5 Å². The van der Waals surface area contributed by atoms with Crippen LogP contribution in [0.1, 0.15) is 30.9 Å². The van der Waals surface area contributed by atoms with Crippen molar-refractivity contribution in [2.45, 2.75) is 31.5 Å². The minimum absolute atomic E-state index is 0.291. The van der Waals surface area contributed by atoms with Crippen molar-refractivity contribution < 1.29 is 14.2 Å². The number of rotatable bonds is 5. The Balaban J connectivity index is 1.83. The van der Waals surface area contributed by atoms with Crippen LogP contribution >= 0.6 is 0 Å². The van der Waals surface area contributed by atoms with Crippen LogP contribution in [0.2, 0.25) is 0 Å². The third-order valence-electron chi connectivity index (χ3n) is 3.78. The van der Waals surface area contributed by atoms with Crippen molar-refractivity contribution in [3.63, 3.8) is 0 Å². The Morgan fingerprint density at radius 3 is 3.00 bits per heavy atom. The van der Waals surface area contributed by atoms with Gasteiger partial charge in [0, 0.05) is 25.8 Å². The standard InChI is InChI=1S/C15H22FNO2/c1-19-12-5-4-9-17(11-12)10-8-15(18)13-6-2-3-7-14(13)16/h2-3,6-7,12,15,18H,4-5,8-11H2,1H3. The lowest BCUT2D eigenvalue weighted by Gasteiger charge is -2.32. The Bertz CT molecular complexity index is 399. The molecule has 0 amide bonds. The van der Waals surface area contributed by atoms with Crippen molar-refractivity contribution in [1.82, 2.24) is 4.90 Å². The number of piperidine rings is 1. The highest BCUT2D eigenvalue weighted by molar-refractivity contribution is 5.19. The number of nitrogens with zero attached hydrogens (tertiary/aromatic N) is 1. The number of halogens is 1. The number of methoxy groups -OCH3 is 1. The van der Waals surface area contributed by atoms with E-state index in [1.54, 1.807) is 25.3 Å². The zero-order chi connectivity index (χ0) is 13.7. The number of aliphatic hydroxyl groups excluding tert-OH is 1. The highest BCUT2D eigenvalue weighted by Gasteiger charge is 2.20. The van der Waals surface area contributed by atoms with E-state index in [4.69, 9.17) is 4.74 Å². The molecule has 1 aromatic rings. The molecule has 3 nitrogen and oxygen atoms in total. The number of hydrogen-bond donors (Lipinski definition) is 1. The average molecular weight is 267 g/mol. The van der Waals surface area contributed by atoms with E-state index < -0.39 is 6.10 Å². The van der Waals surface area contributed by atoms with Gasteiger partial charge in [-0.1, -0.05) is 18.2 Å². The summed E-state index contributed by atoms with van der Waals surface area (Å²) in [6.45, 7) is 2.71. The van der Waals surface area contributed by atoms with Crippen LogP contribution in [0.15, 0.2) is 24.3 Å². The molecule has 4 heteroatoms. The van der Waals surface area contributed by atoms with E-state index in [2.05, 4.69) is 4.90 Å². The summed E-state index contributed by atoms with van der Waals surface area (Å²) in [5.41, 5.74) is 0.391. The molecule has 1 N–H and O–H groups in total. The molecule has 2 rings (SSSR count). The molecule has 2 atom stereocenters. The first-order valence-corrected chi connectivity index (χ1v) is 6.88. The molecule has 1 saturated heterocycles. The lowest BCUT2D eigenvalue weighted by atomic mass is 10.0. The molecule has 19 heavy (non-hydrogen) atoms. The fourth-order valence-electron chi connectivity index (χ4n) is 2.61. The molecule has 1 aliphatic rings. The van der Waals surface area contributed by atoms with Gasteiger partial charge in [0.15, 0.2) is 0 Å². The average Bonchev–Trinajstić information content (AvgIpc) is 2.45.